The van der Waals surface area contributed by atoms with E-state index < -0.39 is 5.97 Å². The number of hydrogen-bond donors (Lipinski definition) is 2. The van der Waals surface area contributed by atoms with Gasteiger partial charge >= 0.3 is 5.97 Å². The minimum Gasteiger partial charge on any atom is -0.486 e. The first-order valence-corrected chi connectivity index (χ1v) is 5.19. The highest BCUT2D eigenvalue weighted by Gasteiger charge is 2.08. The Kier molecular flexibility index (Phi) is 3.30. The molecule has 5 nitrogen and oxygen atoms in total. The Bertz CT molecular complexity index is 539. The monoisotopic (exact) mass is 252 g/mol. The predicted octanol–water partition coefficient (Wildman–Crippen LogP) is 2.34. The second-order valence-electron chi connectivity index (χ2n) is 3.30. The number of nitrogens with one attached hydrogen (secondary N) is 1. The van der Waals surface area contributed by atoms with E-state index in [1.807, 2.05) is 0 Å². The summed E-state index contributed by atoms with van der Waals surface area (Å²) in [6, 6.07) is 8.47. The van der Waals surface area contributed by atoms with Crippen LogP contribution in [0.3, 0.4) is 0 Å². The molecule has 2 N–H and O–H groups in total. The van der Waals surface area contributed by atoms with E-state index in [1.54, 1.807) is 24.3 Å². The number of nitrogens with zero attached hydrogens (tertiary/aromatic N) is 1. The molecule has 0 saturated heterocycles. The molecule has 0 spiro atoms. The number of para-hydroxylation sites is 1. The number of carbonyl (C=O) groups is 1. The van der Waals surface area contributed by atoms with Crippen molar-refractivity contribution in [2.24, 2.45) is 0 Å². The van der Waals surface area contributed by atoms with E-state index in [1.165, 1.54) is 6.07 Å². The lowest BCUT2D eigenvalue weighted by Gasteiger charge is -2.05. The van der Waals surface area contributed by atoms with Crippen molar-refractivity contribution in [2.75, 3.05) is 0 Å². The molecular weight excluding hydrogens is 244 g/mol. The number of carboxylic acids is 1. The molecule has 1 aromatic carbocycles. The summed E-state index contributed by atoms with van der Waals surface area (Å²) < 4.78 is 5.42. The summed E-state index contributed by atoms with van der Waals surface area (Å²) in [5.41, 5.74) is 0.532. The molecule has 1 heterocycles. The highest BCUT2D eigenvalue weighted by atomic mass is 35.5. The fourth-order valence-electron chi connectivity index (χ4n) is 1.26. The smallest absolute Gasteiger partial charge is 0.356 e. The van der Waals surface area contributed by atoms with Gasteiger partial charge < -0.3 is 9.84 Å². The summed E-state index contributed by atoms with van der Waals surface area (Å²) in [5.74, 6) is -0.536. The SMILES string of the molecule is O=C(O)c1cc(COc2ccccc2Cl)[nH]n1. The molecule has 0 saturated carbocycles. The Hall–Kier alpha value is -2.01. The molecule has 0 unspecified atom stereocenters. The summed E-state index contributed by atoms with van der Waals surface area (Å²) in [7, 11) is 0. The van der Waals surface area contributed by atoms with Crippen LogP contribution >= 0.6 is 11.6 Å². The van der Waals surface area contributed by atoms with Crippen molar-refractivity contribution in [3.8, 4) is 5.75 Å². The van der Waals surface area contributed by atoms with Gasteiger partial charge in [-0.05, 0) is 18.2 Å². The van der Waals surface area contributed by atoms with E-state index in [0.29, 0.717) is 16.5 Å². The first kappa shape index (κ1) is 11.5. The zero-order valence-corrected chi connectivity index (χ0v) is 9.44. The number of rotatable bonds is 4. The third-order valence-electron chi connectivity index (χ3n) is 2.07. The fourth-order valence-corrected chi connectivity index (χ4v) is 1.45. The van der Waals surface area contributed by atoms with E-state index in [-0.39, 0.29) is 12.3 Å². The van der Waals surface area contributed by atoms with Gasteiger partial charge in [-0.3, -0.25) is 5.10 Å². The first-order valence-electron chi connectivity index (χ1n) is 4.81. The van der Waals surface area contributed by atoms with Crippen LogP contribution in [0.15, 0.2) is 30.3 Å². The van der Waals surface area contributed by atoms with Gasteiger partial charge in [0.25, 0.3) is 0 Å². The molecule has 88 valence electrons. The van der Waals surface area contributed by atoms with Crippen molar-refractivity contribution >= 4 is 17.6 Å². The molecule has 2 rings (SSSR count). The lowest BCUT2D eigenvalue weighted by molar-refractivity contribution is 0.0690. The quantitative estimate of drug-likeness (QED) is 0.876. The van der Waals surface area contributed by atoms with Crippen molar-refractivity contribution < 1.29 is 14.6 Å². The van der Waals surface area contributed by atoms with Gasteiger partial charge in [0.05, 0.1) is 10.7 Å². The zero-order chi connectivity index (χ0) is 12.3. The van der Waals surface area contributed by atoms with Gasteiger partial charge in [0, 0.05) is 0 Å². The normalized spacial score (nSPS) is 10.2. The van der Waals surface area contributed by atoms with Crippen LogP contribution < -0.4 is 4.74 Å². The van der Waals surface area contributed by atoms with Gasteiger partial charge in [-0.25, -0.2) is 4.79 Å². The molecule has 0 aliphatic rings. The average Bonchev–Trinajstić information content (AvgIpc) is 2.77. The molecule has 0 aliphatic carbocycles. The van der Waals surface area contributed by atoms with E-state index in [9.17, 15) is 4.79 Å². The number of aromatic carboxylic acids is 1. The lowest BCUT2D eigenvalue weighted by atomic mass is 10.3. The van der Waals surface area contributed by atoms with Crippen LogP contribution in [-0.2, 0) is 6.61 Å². The van der Waals surface area contributed by atoms with Gasteiger partial charge in [-0.2, -0.15) is 5.10 Å². The number of hydrogen-bond acceptors (Lipinski definition) is 3. The summed E-state index contributed by atoms with van der Waals surface area (Å²) in [5, 5.41) is 15.4. The van der Waals surface area contributed by atoms with Crippen molar-refractivity contribution in [3.05, 3.63) is 46.7 Å². The van der Waals surface area contributed by atoms with Crippen molar-refractivity contribution in [1.82, 2.24) is 10.2 Å². The van der Waals surface area contributed by atoms with E-state index in [2.05, 4.69) is 10.2 Å². The number of aromatic amines is 1. The minimum absolute atomic E-state index is 0.0391. The van der Waals surface area contributed by atoms with Gasteiger partial charge in [-0.1, -0.05) is 23.7 Å². The third-order valence-corrected chi connectivity index (χ3v) is 2.38. The van der Waals surface area contributed by atoms with E-state index in [4.69, 9.17) is 21.4 Å². The highest BCUT2D eigenvalue weighted by molar-refractivity contribution is 6.32. The average molecular weight is 253 g/mol. The van der Waals surface area contributed by atoms with E-state index in [0.717, 1.165) is 0 Å². The largest absolute Gasteiger partial charge is 0.486 e. The zero-order valence-electron chi connectivity index (χ0n) is 8.68. The highest BCUT2D eigenvalue weighted by Crippen LogP contribution is 2.23. The van der Waals surface area contributed by atoms with Crippen molar-refractivity contribution in [1.29, 1.82) is 0 Å². The van der Waals surface area contributed by atoms with Gasteiger partial charge in [0.1, 0.15) is 12.4 Å². The molecule has 0 radical (unpaired) electrons. The molecule has 6 heteroatoms. The Morgan fingerprint density at radius 2 is 2.24 bits per heavy atom. The number of H-pyrrole nitrogens is 1. The molecular formula is C11H9ClN2O3. The van der Waals surface area contributed by atoms with Gasteiger partial charge in [0.2, 0.25) is 0 Å². The lowest BCUT2D eigenvalue weighted by Crippen LogP contribution is -1.96. The van der Waals surface area contributed by atoms with Crippen LogP contribution in [0, 0.1) is 0 Å². The Morgan fingerprint density at radius 3 is 2.88 bits per heavy atom. The first-order chi connectivity index (χ1) is 8.16. The van der Waals surface area contributed by atoms with Crippen molar-refractivity contribution in [3.63, 3.8) is 0 Å². The second kappa shape index (κ2) is 4.88. The van der Waals surface area contributed by atoms with Crippen LogP contribution in [0.5, 0.6) is 5.75 Å². The molecule has 2 aromatic rings. The molecule has 17 heavy (non-hydrogen) atoms. The molecule has 0 amide bonds. The maximum Gasteiger partial charge on any atom is 0.356 e. The predicted molar refractivity (Wildman–Crippen MR) is 61.3 cm³/mol. The Labute approximate surface area is 102 Å². The maximum absolute atomic E-state index is 10.6. The molecule has 0 atom stereocenters. The number of benzene rings is 1. The molecule has 0 aliphatic heterocycles. The van der Waals surface area contributed by atoms with Crippen LogP contribution in [0.25, 0.3) is 0 Å². The molecule has 0 fully saturated rings. The van der Waals surface area contributed by atoms with Gasteiger partial charge in [0.15, 0.2) is 5.69 Å². The van der Waals surface area contributed by atoms with E-state index >= 15 is 0 Å². The van der Waals surface area contributed by atoms with Crippen LogP contribution in [0.1, 0.15) is 16.2 Å². The number of aromatic nitrogens is 2. The molecule has 1 aromatic heterocycles. The second-order valence-corrected chi connectivity index (χ2v) is 3.71. The maximum atomic E-state index is 10.6. The topological polar surface area (TPSA) is 75.2 Å². The Morgan fingerprint density at radius 1 is 1.47 bits per heavy atom. The number of ether oxygens (including phenoxy) is 1. The summed E-state index contributed by atoms with van der Waals surface area (Å²) in [6.45, 7) is 0.185. The minimum atomic E-state index is -1.08. The summed E-state index contributed by atoms with van der Waals surface area (Å²) in [4.78, 5) is 10.6. The third kappa shape index (κ3) is 2.76. The Balaban J connectivity index is 2.02. The number of halogens is 1. The molecule has 0 bridgehead atoms. The van der Waals surface area contributed by atoms with Crippen molar-refractivity contribution in [2.45, 2.75) is 6.61 Å². The van der Waals surface area contributed by atoms with Crippen LogP contribution in [0.4, 0.5) is 0 Å². The number of carboxylic acid groups (broad SMARTS) is 1. The standard InChI is InChI=1S/C11H9ClN2O3/c12-8-3-1-2-4-10(8)17-6-7-5-9(11(15)16)14-13-7/h1-5H,6H2,(H,13,14)(H,15,16). The summed E-state index contributed by atoms with van der Waals surface area (Å²) in [6.07, 6.45) is 0. The van der Waals surface area contributed by atoms with Gasteiger partial charge in [-0.15, -0.1) is 0 Å². The fraction of sp³-hybridized carbons (Fsp3) is 0.0909. The van der Waals surface area contributed by atoms with Crippen LogP contribution in [0.2, 0.25) is 5.02 Å². The van der Waals surface area contributed by atoms with Crippen LogP contribution in [-0.4, -0.2) is 21.3 Å². The summed E-state index contributed by atoms with van der Waals surface area (Å²) >= 11 is 5.90.